The van der Waals surface area contributed by atoms with Crippen LogP contribution in [0.2, 0.25) is 0 Å². The van der Waals surface area contributed by atoms with Gasteiger partial charge in [-0.1, -0.05) is 18.2 Å². The Morgan fingerprint density at radius 2 is 1.77 bits per heavy atom. The van der Waals surface area contributed by atoms with Crippen LogP contribution in [0.25, 0.3) is 0 Å². The van der Waals surface area contributed by atoms with Crippen molar-refractivity contribution in [1.82, 2.24) is 0 Å². The van der Waals surface area contributed by atoms with Crippen molar-refractivity contribution in [3.8, 4) is 11.5 Å². The van der Waals surface area contributed by atoms with Gasteiger partial charge >= 0.3 is 5.97 Å². The molecule has 1 aliphatic heterocycles. The van der Waals surface area contributed by atoms with Gasteiger partial charge in [0.25, 0.3) is 0 Å². The highest BCUT2D eigenvalue weighted by molar-refractivity contribution is 5.92. The van der Waals surface area contributed by atoms with Crippen LogP contribution < -0.4 is 14.8 Å². The number of carbonyl (C=O) groups is 2. The highest BCUT2D eigenvalue weighted by Gasteiger charge is 2.43. The number of aliphatic carboxylic acids is 1. The lowest BCUT2D eigenvalue weighted by Crippen LogP contribution is -2.17. The molecule has 6 heteroatoms. The van der Waals surface area contributed by atoms with E-state index in [1.54, 1.807) is 0 Å². The van der Waals surface area contributed by atoms with Crippen molar-refractivity contribution in [2.24, 2.45) is 5.92 Å². The van der Waals surface area contributed by atoms with E-state index in [1.807, 2.05) is 42.5 Å². The number of carboxylic acids is 1. The van der Waals surface area contributed by atoms with Gasteiger partial charge in [-0.15, -0.1) is 0 Å². The normalized spacial score (nSPS) is 20.3. The minimum absolute atomic E-state index is 0.0926. The second-order valence-corrected chi connectivity index (χ2v) is 6.61. The van der Waals surface area contributed by atoms with Gasteiger partial charge in [-0.25, -0.2) is 0 Å². The molecule has 2 aromatic carbocycles. The van der Waals surface area contributed by atoms with Crippen molar-refractivity contribution in [2.45, 2.75) is 18.8 Å². The monoisotopic (exact) mass is 353 g/mol. The topological polar surface area (TPSA) is 84.9 Å². The van der Waals surface area contributed by atoms with Crippen LogP contribution in [0.4, 0.5) is 5.69 Å². The molecule has 134 valence electrons. The minimum atomic E-state index is -0.744. The molecule has 1 fully saturated rings. The van der Waals surface area contributed by atoms with E-state index in [9.17, 15) is 9.59 Å². The summed E-state index contributed by atoms with van der Waals surface area (Å²) in [6.07, 6.45) is 0.924. The molecule has 0 spiro atoms. The second kappa shape index (κ2) is 6.71. The van der Waals surface area contributed by atoms with Crippen LogP contribution in [0.1, 0.15) is 23.5 Å². The van der Waals surface area contributed by atoms with Gasteiger partial charge in [0.15, 0.2) is 11.5 Å². The van der Waals surface area contributed by atoms with Crippen LogP contribution in [0, 0.1) is 5.92 Å². The average molecular weight is 353 g/mol. The third kappa shape index (κ3) is 3.49. The highest BCUT2D eigenvalue weighted by Crippen LogP contribution is 2.47. The first kappa shape index (κ1) is 16.4. The Morgan fingerprint density at radius 1 is 1.04 bits per heavy atom. The molecule has 2 aromatic rings. The summed E-state index contributed by atoms with van der Waals surface area (Å²) in [4.78, 5) is 23.2. The number of hydrogen-bond donors (Lipinski definition) is 2. The van der Waals surface area contributed by atoms with Gasteiger partial charge in [0.2, 0.25) is 5.91 Å². The lowest BCUT2D eigenvalue weighted by atomic mass is 10.1. The summed E-state index contributed by atoms with van der Waals surface area (Å²) in [6, 6.07) is 12.9. The van der Waals surface area contributed by atoms with Crippen LogP contribution >= 0.6 is 0 Å². The summed E-state index contributed by atoms with van der Waals surface area (Å²) in [5.74, 6) is 0.329. The number of rotatable bonds is 5. The van der Waals surface area contributed by atoms with E-state index in [4.69, 9.17) is 14.6 Å². The third-order valence-corrected chi connectivity index (χ3v) is 4.70. The lowest BCUT2D eigenvalue weighted by molar-refractivity contribution is -0.138. The van der Waals surface area contributed by atoms with Crippen molar-refractivity contribution < 1.29 is 24.2 Å². The van der Waals surface area contributed by atoms with E-state index < -0.39 is 5.97 Å². The molecular formula is C20H19NO5. The number of benzene rings is 2. The molecule has 0 saturated heterocycles. The molecule has 6 nitrogen and oxygen atoms in total. The first-order valence-electron chi connectivity index (χ1n) is 8.61. The van der Waals surface area contributed by atoms with Crippen LogP contribution in [0.15, 0.2) is 42.5 Å². The largest absolute Gasteiger partial charge is 0.486 e. The number of ether oxygens (including phenoxy) is 2. The van der Waals surface area contributed by atoms with E-state index in [2.05, 4.69) is 5.32 Å². The number of hydrogen-bond acceptors (Lipinski definition) is 4. The number of nitrogens with one attached hydrogen (secondary N) is 1. The van der Waals surface area contributed by atoms with E-state index in [0.29, 0.717) is 36.8 Å². The second-order valence-electron chi connectivity index (χ2n) is 6.61. The SMILES string of the molecule is O=C(Cc1ccc2c(c1)OCCO2)Nc1ccc([C@@H]2C[C@H]2C(=O)O)cc1. The van der Waals surface area contributed by atoms with Gasteiger partial charge in [-0.2, -0.15) is 0 Å². The predicted octanol–water partition coefficient (Wildman–Crippen LogP) is 2.83. The zero-order valence-electron chi connectivity index (χ0n) is 14.1. The summed E-state index contributed by atoms with van der Waals surface area (Å²) in [5.41, 5.74) is 2.55. The van der Waals surface area contributed by atoms with Crippen LogP contribution in [-0.2, 0) is 16.0 Å². The lowest BCUT2D eigenvalue weighted by Gasteiger charge is -2.18. The van der Waals surface area contributed by atoms with Crippen molar-refractivity contribution >= 4 is 17.6 Å². The first-order valence-corrected chi connectivity index (χ1v) is 8.61. The van der Waals surface area contributed by atoms with Gasteiger partial charge in [-0.3, -0.25) is 9.59 Å². The molecule has 4 rings (SSSR count). The number of anilines is 1. The third-order valence-electron chi connectivity index (χ3n) is 4.70. The Balaban J connectivity index is 1.35. The molecule has 0 radical (unpaired) electrons. The van der Waals surface area contributed by atoms with Crippen LogP contribution in [-0.4, -0.2) is 30.2 Å². The first-order chi connectivity index (χ1) is 12.6. The van der Waals surface area contributed by atoms with Crippen LogP contribution in [0.3, 0.4) is 0 Å². The summed E-state index contributed by atoms with van der Waals surface area (Å²) in [7, 11) is 0. The van der Waals surface area contributed by atoms with Crippen molar-refractivity contribution in [2.75, 3.05) is 18.5 Å². The Labute approximate surface area is 150 Å². The van der Waals surface area contributed by atoms with Gasteiger partial charge in [0, 0.05) is 5.69 Å². The maximum Gasteiger partial charge on any atom is 0.307 e. The van der Waals surface area contributed by atoms with E-state index in [1.165, 1.54) is 0 Å². The molecule has 0 bridgehead atoms. The summed E-state index contributed by atoms with van der Waals surface area (Å²) >= 11 is 0. The van der Waals surface area contributed by atoms with Crippen molar-refractivity contribution in [3.63, 3.8) is 0 Å². The number of fused-ring (bicyclic) bond motifs is 1. The van der Waals surface area contributed by atoms with E-state index in [-0.39, 0.29) is 24.2 Å². The molecule has 1 amide bonds. The standard InChI is InChI=1S/C20H19NO5/c22-19(10-12-1-6-17-18(9-12)26-8-7-25-17)21-14-4-2-13(3-5-14)15-11-16(15)20(23)24/h1-6,9,15-16H,7-8,10-11H2,(H,21,22)(H,23,24)/t15-,16+/m0/s1. The Hall–Kier alpha value is -3.02. The Morgan fingerprint density at radius 3 is 2.46 bits per heavy atom. The molecule has 0 unspecified atom stereocenters. The molecular weight excluding hydrogens is 334 g/mol. The van der Waals surface area contributed by atoms with E-state index in [0.717, 1.165) is 11.1 Å². The molecule has 2 aliphatic rings. The van der Waals surface area contributed by atoms with Gasteiger partial charge in [0.1, 0.15) is 13.2 Å². The van der Waals surface area contributed by atoms with Gasteiger partial charge in [-0.05, 0) is 47.7 Å². The molecule has 1 saturated carbocycles. The smallest absolute Gasteiger partial charge is 0.307 e. The predicted molar refractivity (Wildman–Crippen MR) is 94.7 cm³/mol. The zero-order chi connectivity index (χ0) is 18.1. The molecule has 2 N–H and O–H groups in total. The van der Waals surface area contributed by atoms with E-state index >= 15 is 0 Å². The molecule has 2 atom stereocenters. The summed E-state index contributed by atoms with van der Waals surface area (Å²) in [5, 5.41) is 11.9. The number of carbonyl (C=O) groups excluding carboxylic acids is 1. The minimum Gasteiger partial charge on any atom is -0.486 e. The Bertz CT molecular complexity index is 846. The number of amides is 1. The fourth-order valence-electron chi connectivity index (χ4n) is 3.24. The maximum atomic E-state index is 12.3. The van der Waals surface area contributed by atoms with Gasteiger partial charge < -0.3 is 19.9 Å². The molecule has 1 heterocycles. The maximum absolute atomic E-state index is 12.3. The van der Waals surface area contributed by atoms with Crippen molar-refractivity contribution in [1.29, 1.82) is 0 Å². The fraction of sp³-hybridized carbons (Fsp3) is 0.300. The highest BCUT2D eigenvalue weighted by atomic mass is 16.6. The average Bonchev–Trinajstić information content (AvgIpc) is 3.43. The number of carboxylic acid groups (broad SMARTS) is 1. The summed E-state index contributed by atoms with van der Waals surface area (Å²) in [6.45, 7) is 1.05. The zero-order valence-corrected chi connectivity index (χ0v) is 14.1. The molecule has 26 heavy (non-hydrogen) atoms. The molecule has 1 aliphatic carbocycles. The fourth-order valence-corrected chi connectivity index (χ4v) is 3.24. The van der Waals surface area contributed by atoms with Crippen molar-refractivity contribution in [3.05, 3.63) is 53.6 Å². The molecule has 0 aromatic heterocycles. The quantitative estimate of drug-likeness (QED) is 0.863. The Kier molecular flexibility index (Phi) is 4.24. The summed E-state index contributed by atoms with van der Waals surface area (Å²) < 4.78 is 11.0. The van der Waals surface area contributed by atoms with Gasteiger partial charge in [0.05, 0.1) is 12.3 Å². The van der Waals surface area contributed by atoms with Crippen LogP contribution in [0.5, 0.6) is 11.5 Å².